The second-order valence-electron chi connectivity index (χ2n) is 3.95. The molecule has 0 saturated heterocycles. The molecule has 1 aromatic heterocycles. The summed E-state index contributed by atoms with van der Waals surface area (Å²) in [4.78, 5) is 8.16. The van der Waals surface area contributed by atoms with Gasteiger partial charge in [0.05, 0.1) is 0 Å². The maximum atomic E-state index is 4.08. The first-order valence-corrected chi connectivity index (χ1v) is 5.50. The minimum absolute atomic E-state index is 0.710. The van der Waals surface area contributed by atoms with E-state index >= 15 is 0 Å². The molecule has 0 aliphatic rings. The number of hydrogen-bond acceptors (Lipinski definition) is 4. The average Bonchev–Trinajstić information content (AvgIpc) is 2.24. The van der Waals surface area contributed by atoms with E-state index in [9.17, 15) is 0 Å². The smallest absolute Gasteiger partial charge is 0.222 e. The molecule has 1 rings (SSSR count). The summed E-state index contributed by atoms with van der Waals surface area (Å²) in [6.45, 7) is 7.46. The van der Waals surface area contributed by atoms with Crippen molar-refractivity contribution < 1.29 is 0 Å². The van der Waals surface area contributed by atoms with Gasteiger partial charge in [-0.05, 0) is 31.5 Å². The summed E-state index contributed by atoms with van der Waals surface area (Å²) >= 11 is 0. The van der Waals surface area contributed by atoms with Crippen LogP contribution in [0.5, 0.6) is 0 Å². The van der Waals surface area contributed by atoms with Gasteiger partial charge in [0.25, 0.3) is 0 Å². The molecule has 0 saturated carbocycles. The van der Waals surface area contributed by atoms with Gasteiger partial charge in [0, 0.05) is 18.9 Å². The first-order valence-electron chi connectivity index (χ1n) is 5.50. The molecule has 0 aliphatic heterocycles. The van der Waals surface area contributed by atoms with Gasteiger partial charge in [0.1, 0.15) is 0 Å². The second kappa shape index (κ2) is 7.17. The molecule has 0 fully saturated rings. The van der Waals surface area contributed by atoms with Crippen LogP contribution < -0.4 is 10.6 Å². The van der Waals surface area contributed by atoms with E-state index < -0.39 is 0 Å². The Kier molecular flexibility index (Phi) is 5.70. The normalized spacial score (nSPS) is 10.6. The summed E-state index contributed by atoms with van der Waals surface area (Å²) in [7, 11) is 0. The molecule has 4 nitrogen and oxygen atoms in total. The number of anilines is 1. The third-order valence-electron chi connectivity index (χ3n) is 1.93. The van der Waals surface area contributed by atoms with Crippen LogP contribution in [0.4, 0.5) is 5.95 Å². The molecule has 0 spiro atoms. The van der Waals surface area contributed by atoms with Crippen molar-refractivity contribution in [3.05, 3.63) is 18.5 Å². The third-order valence-corrected chi connectivity index (χ3v) is 1.93. The zero-order valence-corrected chi connectivity index (χ0v) is 9.53. The Morgan fingerprint density at radius 3 is 2.60 bits per heavy atom. The van der Waals surface area contributed by atoms with E-state index in [0.29, 0.717) is 5.95 Å². The maximum absolute atomic E-state index is 4.08. The first-order chi connectivity index (χ1) is 7.29. The van der Waals surface area contributed by atoms with Gasteiger partial charge in [-0.3, -0.25) is 0 Å². The molecule has 4 heteroatoms. The van der Waals surface area contributed by atoms with Crippen LogP contribution in [0.25, 0.3) is 0 Å². The Bertz CT molecular complexity index is 248. The van der Waals surface area contributed by atoms with Crippen molar-refractivity contribution in [3.8, 4) is 0 Å². The lowest BCUT2D eigenvalue weighted by molar-refractivity contribution is 0.547. The second-order valence-corrected chi connectivity index (χ2v) is 3.95. The van der Waals surface area contributed by atoms with Crippen molar-refractivity contribution in [1.29, 1.82) is 0 Å². The van der Waals surface area contributed by atoms with E-state index in [1.807, 2.05) is 6.07 Å². The van der Waals surface area contributed by atoms with E-state index in [2.05, 4.69) is 34.4 Å². The molecule has 0 radical (unpaired) electrons. The van der Waals surface area contributed by atoms with Crippen LogP contribution in [0, 0.1) is 5.92 Å². The molecule has 0 atom stereocenters. The van der Waals surface area contributed by atoms with E-state index in [4.69, 9.17) is 0 Å². The molecular formula is C11H20N4. The molecule has 2 N–H and O–H groups in total. The van der Waals surface area contributed by atoms with Crippen LogP contribution in [-0.2, 0) is 0 Å². The fourth-order valence-corrected chi connectivity index (χ4v) is 1.19. The molecule has 1 aromatic rings. The van der Waals surface area contributed by atoms with Crippen LogP contribution in [0.1, 0.15) is 20.3 Å². The van der Waals surface area contributed by atoms with Crippen molar-refractivity contribution in [2.24, 2.45) is 5.92 Å². The predicted octanol–water partition coefficient (Wildman–Crippen LogP) is 1.52. The van der Waals surface area contributed by atoms with E-state index in [1.165, 1.54) is 0 Å². The molecule has 84 valence electrons. The Hall–Kier alpha value is -1.16. The number of nitrogens with one attached hydrogen (secondary N) is 2. The number of nitrogens with zero attached hydrogens (tertiary/aromatic N) is 2. The molecule has 0 aliphatic carbocycles. The van der Waals surface area contributed by atoms with Crippen LogP contribution in [0.3, 0.4) is 0 Å². The molecule has 0 aromatic carbocycles. The Balaban J connectivity index is 1.98. The summed E-state index contributed by atoms with van der Waals surface area (Å²) in [6.07, 6.45) is 4.57. The van der Waals surface area contributed by atoms with Gasteiger partial charge < -0.3 is 10.6 Å². The molecule has 0 unspecified atom stereocenters. The lowest BCUT2D eigenvalue weighted by Crippen LogP contribution is -2.22. The van der Waals surface area contributed by atoms with E-state index in [-0.39, 0.29) is 0 Å². The van der Waals surface area contributed by atoms with Crippen molar-refractivity contribution >= 4 is 5.95 Å². The predicted molar refractivity (Wildman–Crippen MR) is 62.8 cm³/mol. The SMILES string of the molecule is CC(C)CNCCCNc1ncccn1. The molecule has 0 amide bonds. The molecule has 15 heavy (non-hydrogen) atoms. The van der Waals surface area contributed by atoms with E-state index in [1.54, 1.807) is 12.4 Å². The minimum atomic E-state index is 0.710. The monoisotopic (exact) mass is 208 g/mol. The highest BCUT2D eigenvalue weighted by Gasteiger charge is 1.94. The van der Waals surface area contributed by atoms with Crippen LogP contribution in [-0.4, -0.2) is 29.6 Å². The van der Waals surface area contributed by atoms with Crippen LogP contribution in [0.2, 0.25) is 0 Å². The fraction of sp³-hybridized carbons (Fsp3) is 0.636. The highest BCUT2D eigenvalue weighted by molar-refractivity contribution is 5.21. The zero-order chi connectivity index (χ0) is 10.9. The Morgan fingerprint density at radius 1 is 1.20 bits per heavy atom. The highest BCUT2D eigenvalue weighted by atomic mass is 15.1. The van der Waals surface area contributed by atoms with Crippen molar-refractivity contribution in [1.82, 2.24) is 15.3 Å². The quantitative estimate of drug-likeness (QED) is 0.667. The van der Waals surface area contributed by atoms with Crippen molar-refractivity contribution in [2.75, 3.05) is 25.0 Å². The minimum Gasteiger partial charge on any atom is -0.354 e. The Morgan fingerprint density at radius 2 is 1.93 bits per heavy atom. The number of hydrogen-bond donors (Lipinski definition) is 2. The lowest BCUT2D eigenvalue weighted by atomic mass is 10.2. The largest absolute Gasteiger partial charge is 0.354 e. The van der Waals surface area contributed by atoms with Gasteiger partial charge >= 0.3 is 0 Å². The van der Waals surface area contributed by atoms with Gasteiger partial charge in [-0.1, -0.05) is 13.8 Å². The summed E-state index contributed by atoms with van der Waals surface area (Å²) < 4.78 is 0. The standard InChI is InChI=1S/C11H20N4/c1-10(2)9-12-5-3-6-13-11-14-7-4-8-15-11/h4,7-8,10,12H,3,5-6,9H2,1-2H3,(H,13,14,15). The maximum Gasteiger partial charge on any atom is 0.222 e. The summed E-state index contributed by atoms with van der Waals surface area (Å²) in [6, 6.07) is 1.81. The average molecular weight is 208 g/mol. The number of aromatic nitrogens is 2. The van der Waals surface area contributed by atoms with Gasteiger partial charge in [0.15, 0.2) is 0 Å². The lowest BCUT2D eigenvalue weighted by Gasteiger charge is -2.07. The van der Waals surface area contributed by atoms with Gasteiger partial charge in [-0.2, -0.15) is 0 Å². The van der Waals surface area contributed by atoms with Crippen LogP contribution in [0.15, 0.2) is 18.5 Å². The summed E-state index contributed by atoms with van der Waals surface area (Å²) in [5, 5.41) is 6.56. The summed E-state index contributed by atoms with van der Waals surface area (Å²) in [5.74, 6) is 1.43. The first kappa shape index (κ1) is 11.9. The van der Waals surface area contributed by atoms with E-state index in [0.717, 1.165) is 32.0 Å². The van der Waals surface area contributed by atoms with Gasteiger partial charge in [-0.25, -0.2) is 9.97 Å². The zero-order valence-electron chi connectivity index (χ0n) is 9.53. The van der Waals surface area contributed by atoms with Crippen LogP contribution >= 0.6 is 0 Å². The number of rotatable bonds is 7. The molecular weight excluding hydrogens is 188 g/mol. The molecule has 0 bridgehead atoms. The third kappa shape index (κ3) is 6.01. The van der Waals surface area contributed by atoms with Gasteiger partial charge in [0.2, 0.25) is 5.95 Å². The highest BCUT2D eigenvalue weighted by Crippen LogP contribution is 1.93. The fourth-order valence-electron chi connectivity index (χ4n) is 1.19. The van der Waals surface area contributed by atoms with Crippen molar-refractivity contribution in [3.63, 3.8) is 0 Å². The van der Waals surface area contributed by atoms with Gasteiger partial charge in [-0.15, -0.1) is 0 Å². The van der Waals surface area contributed by atoms with Crippen molar-refractivity contribution in [2.45, 2.75) is 20.3 Å². The molecule has 1 heterocycles. The summed E-state index contributed by atoms with van der Waals surface area (Å²) in [5.41, 5.74) is 0. The Labute approximate surface area is 91.5 Å². The topological polar surface area (TPSA) is 49.8 Å².